The van der Waals surface area contributed by atoms with Gasteiger partial charge in [-0.05, 0) is 49.2 Å². The molecule has 2 aromatic rings. The van der Waals surface area contributed by atoms with Gasteiger partial charge in [0.05, 0.1) is 12.2 Å². The van der Waals surface area contributed by atoms with Crippen LogP contribution in [0.3, 0.4) is 0 Å². The normalized spacial score (nSPS) is 15.1. The minimum atomic E-state index is -0.0208. The first-order chi connectivity index (χ1) is 13.9. The van der Waals surface area contributed by atoms with Gasteiger partial charge >= 0.3 is 0 Å². The summed E-state index contributed by atoms with van der Waals surface area (Å²) in [6.45, 7) is 3.59. The van der Waals surface area contributed by atoms with E-state index in [1.165, 1.54) is 0 Å². The van der Waals surface area contributed by atoms with E-state index in [-0.39, 0.29) is 17.9 Å². The van der Waals surface area contributed by atoms with Crippen molar-refractivity contribution in [2.24, 2.45) is 0 Å². The highest BCUT2D eigenvalue weighted by Crippen LogP contribution is 2.33. The smallest absolute Gasteiger partial charge is 0.238 e. The third-order valence-electron chi connectivity index (χ3n) is 5.17. The lowest BCUT2D eigenvalue weighted by Gasteiger charge is -2.36. The number of carbonyl (C=O) groups excluding carboxylic acids is 2. The standard InChI is InChI=1S/C22H26ClN3O2S/c1-16(27)25(2)18-11-13-26(14-12-18)15-22(28)24-20-5-3-4-6-21(20)29-19-9-7-17(23)8-10-19/h3-10,18H,11-15H2,1-2H3,(H,24,28). The Labute approximate surface area is 181 Å². The van der Waals surface area contributed by atoms with Gasteiger partial charge < -0.3 is 10.2 Å². The van der Waals surface area contributed by atoms with Gasteiger partial charge in [-0.1, -0.05) is 35.5 Å². The molecule has 7 heteroatoms. The number of amides is 2. The minimum Gasteiger partial charge on any atom is -0.343 e. The van der Waals surface area contributed by atoms with Crippen LogP contribution in [0.2, 0.25) is 5.02 Å². The maximum Gasteiger partial charge on any atom is 0.238 e. The Balaban J connectivity index is 1.55. The first-order valence-corrected chi connectivity index (χ1v) is 10.9. The molecule has 1 aliphatic heterocycles. The van der Waals surface area contributed by atoms with E-state index < -0.39 is 0 Å². The van der Waals surface area contributed by atoms with E-state index in [9.17, 15) is 9.59 Å². The van der Waals surface area contributed by atoms with Crippen LogP contribution in [0.15, 0.2) is 58.3 Å². The summed E-state index contributed by atoms with van der Waals surface area (Å²) in [6, 6.07) is 15.7. The second-order valence-electron chi connectivity index (χ2n) is 7.24. The summed E-state index contributed by atoms with van der Waals surface area (Å²) in [7, 11) is 1.85. The Morgan fingerprint density at radius 1 is 1.14 bits per heavy atom. The molecule has 1 fully saturated rings. The molecule has 5 nitrogen and oxygen atoms in total. The van der Waals surface area contributed by atoms with E-state index in [1.54, 1.807) is 18.7 Å². The van der Waals surface area contributed by atoms with E-state index >= 15 is 0 Å². The number of rotatable bonds is 6. The summed E-state index contributed by atoms with van der Waals surface area (Å²) in [6.07, 6.45) is 1.79. The number of nitrogens with zero attached hydrogens (tertiary/aromatic N) is 2. The van der Waals surface area contributed by atoms with Crippen molar-refractivity contribution in [1.82, 2.24) is 9.80 Å². The van der Waals surface area contributed by atoms with Gasteiger partial charge in [0.15, 0.2) is 0 Å². The van der Waals surface area contributed by atoms with Crippen LogP contribution in [-0.4, -0.2) is 54.3 Å². The summed E-state index contributed by atoms with van der Waals surface area (Å²) in [4.78, 5) is 30.1. The molecule has 0 atom stereocenters. The first-order valence-electron chi connectivity index (χ1n) is 9.70. The lowest BCUT2D eigenvalue weighted by atomic mass is 10.0. The number of likely N-dealkylation sites (tertiary alicyclic amines) is 1. The van der Waals surface area contributed by atoms with Crippen molar-refractivity contribution in [3.05, 3.63) is 53.6 Å². The molecule has 0 aliphatic carbocycles. The van der Waals surface area contributed by atoms with Crippen molar-refractivity contribution < 1.29 is 9.59 Å². The van der Waals surface area contributed by atoms with Crippen LogP contribution in [0.25, 0.3) is 0 Å². The highest BCUT2D eigenvalue weighted by atomic mass is 35.5. The van der Waals surface area contributed by atoms with E-state index in [1.807, 2.05) is 60.5 Å². The minimum absolute atomic E-state index is 0.0208. The topological polar surface area (TPSA) is 52.7 Å². The monoisotopic (exact) mass is 431 g/mol. The molecule has 154 valence electrons. The molecule has 0 unspecified atom stereocenters. The lowest BCUT2D eigenvalue weighted by Crippen LogP contribution is -2.46. The van der Waals surface area contributed by atoms with Gasteiger partial charge in [-0.15, -0.1) is 0 Å². The lowest BCUT2D eigenvalue weighted by molar-refractivity contribution is -0.130. The molecule has 1 heterocycles. The van der Waals surface area contributed by atoms with Gasteiger partial charge in [-0.2, -0.15) is 0 Å². The Morgan fingerprint density at radius 3 is 2.45 bits per heavy atom. The number of benzene rings is 2. The van der Waals surface area contributed by atoms with E-state index in [2.05, 4.69) is 10.2 Å². The van der Waals surface area contributed by atoms with Crippen molar-refractivity contribution in [1.29, 1.82) is 0 Å². The van der Waals surface area contributed by atoms with Crippen LogP contribution in [-0.2, 0) is 9.59 Å². The summed E-state index contributed by atoms with van der Waals surface area (Å²) in [5, 5.41) is 3.75. The average molecular weight is 432 g/mol. The van der Waals surface area contributed by atoms with Gasteiger partial charge in [0, 0.05) is 47.9 Å². The van der Waals surface area contributed by atoms with Gasteiger partial charge in [-0.3, -0.25) is 14.5 Å². The molecule has 2 amide bonds. The van der Waals surface area contributed by atoms with Crippen molar-refractivity contribution in [2.45, 2.75) is 35.6 Å². The number of para-hydroxylation sites is 1. The summed E-state index contributed by atoms with van der Waals surface area (Å²) in [5.41, 5.74) is 0.809. The average Bonchev–Trinajstić information content (AvgIpc) is 2.71. The highest BCUT2D eigenvalue weighted by molar-refractivity contribution is 7.99. The molecule has 0 radical (unpaired) electrons. The molecule has 0 spiro atoms. The van der Waals surface area contributed by atoms with Gasteiger partial charge in [0.1, 0.15) is 0 Å². The SMILES string of the molecule is CC(=O)N(C)C1CCN(CC(=O)Nc2ccccc2Sc2ccc(Cl)cc2)CC1. The quantitative estimate of drug-likeness (QED) is 0.737. The van der Waals surface area contributed by atoms with Crippen LogP contribution < -0.4 is 5.32 Å². The summed E-state index contributed by atoms with van der Waals surface area (Å²) in [5.74, 6) is 0.0727. The van der Waals surface area contributed by atoms with Crippen LogP contribution in [0.1, 0.15) is 19.8 Å². The summed E-state index contributed by atoms with van der Waals surface area (Å²) >= 11 is 7.55. The fourth-order valence-corrected chi connectivity index (χ4v) is 4.43. The van der Waals surface area contributed by atoms with Gasteiger partial charge in [0.2, 0.25) is 11.8 Å². The molecule has 0 aromatic heterocycles. The molecular formula is C22H26ClN3O2S. The number of hydrogen-bond acceptors (Lipinski definition) is 4. The summed E-state index contributed by atoms with van der Waals surface area (Å²) < 4.78 is 0. The van der Waals surface area contributed by atoms with Crippen molar-refractivity contribution in [2.75, 3.05) is 32.0 Å². The van der Waals surface area contributed by atoms with Crippen LogP contribution in [0, 0.1) is 0 Å². The fourth-order valence-electron chi connectivity index (χ4n) is 3.40. The zero-order valence-electron chi connectivity index (χ0n) is 16.7. The molecule has 29 heavy (non-hydrogen) atoms. The highest BCUT2D eigenvalue weighted by Gasteiger charge is 2.24. The molecule has 1 N–H and O–H groups in total. The third kappa shape index (κ3) is 6.23. The number of halogens is 1. The molecular weight excluding hydrogens is 406 g/mol. The van der Waals surface area contributed by atoms with Crippen molar-refractivity contribution >= 4 is 40.9 Å². The second-order valence-corrected chi connectivity index (χ2v) is 8.79. The second kappa shape index (κ2) is 10.1. The largest absolute Gasteiger partial charge is 0.343 e. The molecule has 0 saturated carbocycles. The maximum absolute atomic E-state index is 12.6. The zero-order chi connectivity index (χ0) is 20.8. The molecule has 1 aliphatic rings. The Morgan fingerprint density at radius 2 is 1.79 bits per heavy atom. The van der Waals surface area contributed by atoms with Gasteiger partial charge in [0.25, 0.3) is 0 Å². The Kier molecular flexibility index (Phi) is 7.58. The van der Waals surface area contributed by atoms with Crippen LogP contribution >= 0.6 is 23.4 Å². The molecule has 2 aromatic carbocycles. The maximum atomic E-state index is 12.6. The Bertz CT molecular complexity index is 851. The molecule has 3 rings (SSSR count). The number of hydrogen-bond donors (Lipinski definition) is 1. The van der Waals surface area contributed by atoms with Crippen molar-refractivity contribution in [3.63, 3.8) is 0 Å². The number of nitrogens with one attached hydrogen (secondary N) is 1. The van der Waals surface area contributed by atoms with E-state index in [0.717, 1.165) is 41.4 Å². The van der Waals surface area contributed by atoms with Crippen molar-refractivity contribution in [3.8, 4) is 0 Å². The number of piperidine rings is 1. The predicted octanol–water partition coefficient (Wildman–Crippen LogP) is 4.37. The molecule has 1 saturated heterocycles. The van der Waals surface area contributed by atoms with E-state index in [4.69, 9.17) is 11.6 Å². The van der Waals surface area contributed by atoms with E-state index in [0.29, 0.717) is 11.6 Å². The predicted molar refractivity (Wildman–Crippen MR) is 119 cm³/mol. The Hall–Kier alpha value is -2.02. The third-order valence-corrected chi connectivity index (χ3v) is 6.51. The number of carbonyl (C=O) groups is 2. The number of anilines is 1. The van der Waals surface area contributed by atoms with Gasteiger partial charge in [-0.25, -0.2) is 0 Å². The fraction of sp³-hybridized carbons (Fsp3) is 0.364. The molecule has 0 bridgehead atoms. The zero-order valence-corrected chi connectivity index (χ0v) is 18.3. The van der Waals surface area contributed by atoms with Crippen LogP contribution in [0.4, 0.5) is 5.69 Å². The van der Waals surface area contributed by atoms with Crippen LogP contribution in [0.5, 0.6) is 0 Å². The first kappa shape index (κ1) is 21.7.